The van der Waals surface area contributed by atoms with Gasteiger partial charge in [-0.3, -0.25) is 4.79 Å². The van der Waals surface area contributed by atoms with Gasteiger partial charge in [-0.15, -0.1) is 0 Å². The first-order valence-electron chi connectivity index (χ1n) is 8.64. The van der Waals surface area contributed by atoms with Gasteiger partial charge in [0.1, 0.15) is 11.5 Å². The molecule has 1 heterocycles. The Morgan fingerprint density at radius 1 is 1.10 bits per heavy atom. The number of hydrazone groups is 1. The molecule has 2 aromatic carbocycles. The van der Waals surface area contributed by atoms with Gasteiger partial charge in [-0.1, -0.05) is 30.3 Å². The van der Waals surface area contributed by atoms with Gasteiger partial charge in [-0.25, -0.2) is 13.8 Å². The maximum atomic E-state index is 13.0. The Balaban J connectivity index is 1.73. The van der Waals surface area contributed by atoms with E-state index in [9.17, 15) is 18.3 Å². The molecule has 0 aliphatic heterocycles. The van der Waals surface area contributed by atoms with E-state index >= 15 is 0 Å². The molecule has 3 aromatic rings. The first-order chi connectivity index (χ1) is 13.9. The van der Waals surface area contributed by atoms with Gasteiger partial charge in [-0.2, -0.15) is 9.41 Å². The molecule has 0 saturated heterocycles. The van der Waals surface area contributed by atoms with E-state index in [-0.39, 0.29) is 17.2 Å². The Kier molecular flexibility index (Phi) is 6.43. The zero-order valence-electron chi connectivity index (χ0n) is 15.3. The Morgan fingerprint density at radius 2 is 1.90 bits per heavy atom. The number of nitrogens with one attached hydrogen (secondary N) is 1. The SMILES string of the molecule is O=C(CN(Cc1ccco1)S(=O)(=O)c1ccccc1)N/N=C/c1cccc(O)c1. The maximum Gasteiger partial charge on any atom is 0.255 e. The summed E-state index contributed by atoms with van der Waals surface area (Å²) in [4.78, 5) is 12.4. The number of carbonyl (C=O) groups is 1. The van der Waals surface area contributed by atoms with Crippen molar-refractivity contribution in [1.29, 1.82) is 0 Å². The lowest BCUT2D eigenvalue weighted by atomic mass is 10.2. The molecule has 9 heteroatoms. The number of phenolic OH excluding ortho intramolecular Hbond substituents is 1. The van der Waals surface area contributed by atoms with E-state index in [1.54, 1.807) is 42.5 Å². The number of phenols is 1. The molecular weight excluding hydrogens is 394 g/mol. The summed E-state index contributed by atoms with van der Waals surface area (Å²) in [6.45, 7) is -0.552. The highest BCUT2D eigenvalue weighted by molar-refractivity contribution is 7.89. The fourth-order valence-electron chi connectivity index (χ4n) is 2.52. The average Bonchev–Trinajstić information content (AvgIpc) is 3.21. The van der Waals surface area contributed by atoms with Gasteiger partial charge in [0.15, 0.2) is 0 Å². The Hall–Kier alpha value is -3.43. The van der Waals surface area contributed by atoms with Crippen molar-refractivity contribution in [3.63, 3.8) is 0 Å². The lowest BCUT2D eigenvalue weighted by Crippen LogP contribution is -2.38. The second-order valence-corrected chi connectivity index (χ2v) is 7.99. The molecule has 3 rings (SSSR count). The third-order valence-electron chi connectivity index (χ3n) is 3.89. The lowest BCUT2D eigenvalue weighted by molar-refractivity contribution is -0.121. The molecule has 8 nitrogen and oxygen atoms in total. The van der Waals surface area contributed by atoms with E-state index in [1.165, 1.54) is 36.7 Å². The molecule has 0 atom stereocenters. The highest BCUT2D eigenvalue weighted by Crippen LogP contribution is 2.18. The van der Waals surface area contributed by atoms with Crippen LogP contribution in [0.15, 0.2) is 87.4 Å². The van der Waals surface area contributed by atoms with E-state index in [4.69, 9.17) is 4.42 Å². The fraction of sp³-hybridized carbons (Fsp3) is 0.100. The van der Waals surface area contributed by atoms with E-state index < -0.39 is 22.5 Å². The van der Waals surface area contributed by atoms with Crippen molar-refractivity contribution in [2.75, 3.05) is 6.54 Å². The molecule has 0 spiro atoms. The van der Waals surface area contributed by atoms with Gasteiger partial charge in [-0.05, 0) is 42.0 Å². The van der Waals surface area contributed by atoms with Crippen LogP contribution < -0.4 is 5.43 Å². The van der Waals surface area contributed by atoms with Crippen molar-refractivity contribution in [2.45, 2.75) is 11.4 Å². The van der Waals surface area contributed by atoms with Crippen LogP contribution in [0.2, 0.25) is 0 Å². The zero-order valence-corrected chi connectivity index (χ0v) is 16.1. The number of nitrogens with zero attached hydrogens (tertiary/aromatic N) is 2. The summed E-state index contributed by atoms with van der Waals surface area (Å²) in [5.74, 6) is -0.146. The first kappa shape index (κ1) is 20.3. The average molecular weight is 413 g/mol. The highest BCUT2D eigenvalue weighted by Gasteiger charge is 2.27. The molecule has 0 aliphatic carbocycles. The van der Waals surface area contributed by atoms with Crippen LogP contribution in [0.4, 0.5) is 0 Å². The molecule has 0 unspecified atom stereocenters. The second-order valence-electron chi connectivity index (χ2n) is 6.05. The van der Waals surface area contributed by atoms with Gasteiger partial charge in [0, 0.05) is 0 Å². The van der Waals surface area contributed by atoms with Gasteiger partial charge >= 0.3 is 0 Å². The molecule has 2 N–H and O–H groups in total. The molecule has 29 heavy (non-hydrogen) atoms. The standard InChI is InChI=1S/C20H19N3O5S/c24-17-7-4-6-16(12-17)13-21-22-20(25)15-23(14-18-8-5-11-28-18)29(26,27)19-9-2-1-3-10-19/h1-13,24H,14-15H2,(H,22,25)/b21-13+. The monoisotopic (exact) mass is 413 g/mol. The number of rotatable bonds is 8. The van der Waals surface area contributed by atoms with Crippen LogP contribution in [0.3, 0.4) is 0 Å². The van der Waals surface area contributed by atoms with E-state index in [0.717, 1.165) is 4.31 Å². The van der Waals surface area contributed by atoms with Crippen molar-refractivity contribution in [1.82, 2.24) is 9.73 Å². The summed E-state index contributed by atoms with van der Waals surface area (Å²) in [5, 5.41) is 13.2. The molecular formula is C20H19N3O5S. The van der Waals surface area contributed by atoms with E-state index in [1.807, 2.05) is 0 Å². The molecule has 0 radical (unpaired) electrons. The number of benzene rings is 2. The first-order valence-corrected chi connectivity index (χ1v) is 10.1. The predicted octanol–water partition coefficient (Wildman–Crippen LogP) is 2.33. The van der Waals surface area contributed by atoms with E-state index in [0.29, 0.717) is 11.3 Å². The number of furan rings is 1. The third kappa shape index (κ3) is 5.53. The minimum absolute atomic E-state index is 0.0684. The minimum atomic E-state index is -3.93. The zero-order chi connectivity index (χ0) is 20.7. The predicted molar refractivity (Wildman–Crippen MR) is 107 cm³/mol. The van der Waals surface area contributed by atoms with Gasteiger partial charge in [0.25, 0.3) is 5.91 Å². The van der Waals surface area contributed by atoms with Crippen molar-refractivity contribution >= 4 is 22.1 Å². The van der Waals surface area contributed by atoms with Crippen molar-refractivity contribution < 1.29 is 22.7 Å². The molecule has 1 aromatic heterocycles. The maximum absolute atomic E-state index is 13.0. The highest BCUT2D eigenvalue weighted by atomic mass is 32.2. The van der Waals surface area contributed by atoms with Crippen LogP contribution in [-0.4, -0.2) is 36.5 Å². The third-order valence-corrected chi connectivity index (χ3v) is 5.69. The Morgan fingerprint density at radius 3 is 2.59 bits per heavy atom. The van der Waals surface area contributed by atoms with Gasteiger partial charge in [0.05, 0.1) is 30.5 Å². The van der Waals surface area contributed by atoms with Gasteiger partial charge in [0.2, 0.25) is 10.0 Å². The normalized spacial score (nSPS) is 11.8. The fourth-order valence-corrected chi connectivity index (χ4v) is 3.91. The lowest BCUT2D eigenvalue weighted by Gasteiger charge is -2.20. The minimum Gasteiger partial charge on any atom is -0.508 e. The Bertz CT molecular complexity index is 1080. The number of hydrogen-bond donors (Lipinski definition) is 2. The summed E-state index contributed by atoms with van der Waals surface area (Å²) in [5.41, 5.74) is 2.87. The van der Waals surface area contributed by atoms with Crippen LogP contribution >= 0.6 is 0 Å². The quantitative estimate of drug-likeness (QED) is 0.435. The summed E-state index contributed by atoms with van der Waals surface area (Å²) in [6, 6.07) is 17.4. The smallest absolute Gasteiger partial charge is 0.255 e. The van der Waals surface area contributed by atoms with Crippen molar-refractivity contribution in [3.8, 4) is 5.75 Å². The number of hydrogen-bond acceptors (Lipinski definition) is 6. The summed E-state index contributed by atoms with van der Waals surface area (Å²) in [7, 11) is -3.93. The van der Waals surface area contributed by atoms with Crippen LogP contribution in [-0.2, 0) is 21.4 Å². The van der Waals surface area contributed by atoms with E-state index in [2.05, 4.69) is 10.5 Å². The topological polar surface area (TPSA) is 112 Å². The molecule has 0 bridgehead atoms. The van der Waals surface area contributed by atoms with Crippen LogP contribution in [0, 0.1) is 0 Å². The number of carbonyl (C=O) groups excluding carboxylic acids is 1. The number of aromatic hydroxyl groups is 1. The Labute approximate surface area is 168 Å². The molecule has 150 valence electrons. The molecule has 0 aliphatic rings. The van der Waals surface area contributed by atoms with Crippen molar-refractivity contribution in [3.05, 3.63) is 84.3 Å². The second kappa shape index (κ2) is 9.18. The largest absolute Gasteiger partial charge is 0.508 e. The van der Waals surface area contributed by atoms with Crippen LogP contribution in [0.5, 0.6) is 5.75 Å². The molecule has 0 fully saturated rings. The molecule has 1 amide bonds. The van der Waals surface area contributed by atoms with Gasteiger partial charge < -0.3 is 9.52 Å². The van der Waals surface area contributed by atoms with Crippen molar-refractivity contribution in [2.24, 2.45) is 5.10 Å². The number of sulfonamides is 1. The summed E-state index contributed by atoms with van der Waals surface area (Å²) < 4.78 is 32.2. The van der Waals surface area contributed by atoms with Crippen LogP contribution in [0.25, 0.3) is 0 Å². The summed E-state index contributed by atoms with van der Waals surface area (Å²) >= 11 is 0. The summed E-state index contributed by atoms with van der Waals surface area (Å²) in [6.07, 6.45) is 2.78. The molecule has 0 saturated carbocycles. The van der Waals surface area contributed by atoms with Crippen LogP contribution in [0.1, 0.15) is 11.3 Å². The number of amides is 1.